The molecule has 1 aromatic heterocycles. The van der Waals surface area contributed by atoms with Crippen molar-refractivity contribution in [2.45, 2.75) is 32.6 Å². The quantitative estimate of drug-likeness (QED) is 0.865. The molecule has 1 aliphatic heterocycles. The van der Waals surface area contributed by atoms with E-state index in [1.807, 2.05) is 33.8 Å². The predicted octanol–water partition coefficient (Wildman–Crippen LogP) is 3.71. The Labute approximate surface area is 135 Å². The van der Waals surface area contributed by atoms with Gasteiger partial charge in [0.2, 0.25) is 0 Å². The zero-order valence-electron chi connectivity index (χ0n) is 12.8. The molecule has 1 aliphatic rings. The van der Waals surface area contributed by atoms with Crippen LogP contribution in [-0.2, 0) is 6.42 Å². The van der Waals surface area contributed by atoms with Gasteiger partial charge in [0, 0.05) is 18.1 Å². The fourth-order valence-electron chi connectivity index (χ4n) is 2.96. The van der Waals surface area contributed by atoms with Crippen LogP contribution in [0.1, 0.15) is 42.2 Å². The normalized spacial score (nSPS) is 15.1. The van der Waals surface area contributed by atoms with Gasteiger partial charge in [-0.2, -0.15) is 5.10 Å². The fourth-order valence-corrected chi connectivity index (χ4v) is 3.09. The number of carbonyl (C=O) groups is 1. The highest BCUT2D eigenvalue weighted by Gasteiger charge is 2.23. The third-order valence-electron chi connectivity index (χ3n) is 4.15. The molecule has 0 spiro atoms. The Morgan fingerprint density at radius 3 is 2.50 bits per heavy atom. The first-order valence-corrected chi connectivity index (χ1v) is 8.20. The molecule has 3 rings (SSSR count). The Morgan fingerprint density at radius 1 is 1.18 bits per heavy atom. The van der Waals surface area contributed by atoms with E-state index in [-0.39, 0.29) is 5.91 Å². The molecule has 116 valence electrons. The summed E-state index contributed by atoms with van der Waals surface area (Å²) in [5.74, 6) is 0.108. The molecule has 1 aromatic carbocycles. The molecule has 2 aromatic rings. The van der Waals surface area contributed by atoms with Crippen molar-refractivity contribution < 1.29 is 4.79 Å². The maximum absolute atomic E-state index is 12.7. The van der Waals surface area contributed by atoms with E-state index in [9.17, 15) is 4.79 Å². The van der Waals surface area contributed by atoms with E-state index in [4.69, 9.17) is 11.6 Å². The smallest absolute Gasteiger partial charge is 0.257 e. The van der Waals surface area contributed by atoms with Gasteiger partial charge in [0.15, 0.2) is 0 Å². The average Bonchev–Trinajstić information content (AvgIpc) is 2.99. The van der Waals surface area contributed by atoms with E-state index < -0.39 is 0 Å². The summed E-state index contributed by atoms with van der Waals surface area (Å²) in [6, 6.07) is 7.52. The number of nitrogens with zero attached hydrogens (tertiary/aromatic N) is 3. The highest BCUT2D eigenvalue weighted by Crippen LogP contribution is 2.20. The number of hydrogen-bond donors (Lipinski definition) is 0. The van der Waals surface area contributed by atoms with Crippen LogP contribution < -0.4 is 0 Å². The van der Waals surface area contributed by atoms with Crippen molar-refractivity contribution in [1.29, 1.82) is 0 Å². The number of piperidine rings is 1. The lowest BCUT2D eigenvalue weighted by molar-refractivity contribution is 0.0723. The lowest BCUT2D eigenvalue weighted by Crippen LogP contribution is -2.35. The first kappa shape index (κ1) is 15.1. The average molecular weight is 318 g/mol. The number of aromatic nitrogens is 2. The van der Waals surface area contributed by atoms with Gasteiger partial charge in [-0.3, -0.25) is 4.79 Å². The maximum Gasteiger partial charge on any atom is 0.257 e. The summed E-state index contributed by atoms with van der Waals surface area (Å²) in [5, 5.41) is 5.12. The van der Waals surface area contributed by atoms with E-state index in [0.29, 0.717) is 5.02 Å². The van der Waals surface area contributed by atoms with Gasteiger partial charge in [-0.1, -0.05) is 18.5 Å². The van der Waals surface area contributed by atoms with Crippen LogP contribution in [0.4, 0.5) is 0 Å². The van der Waals surface area contributed by atoms with Gasteiger partial charge in [-0.15, -0.1) is 0 Å². The van der Waals surface area contributed by atoms with Crippen LogP contribution in [0, 0.1) is 0 Å². The van der Waals surface area contributed by atoms with Crippen LogP contribution in [-0.4, -0.2) is 33.7 Å². The summed E-state index contributed by atoms with van der Waals surface area (Å²) in [4.78, 5) is 14.7. The number of carbonyl (C=O) groups excluding carboxylic acids is 1. The Bertz CT molecular complexity index is 657. The Morgan fingerprint density at radius 2 is 1.86 bits per heavy atom. The summed E-state index contributed by atoms with van der Waals surface area (Å²) >= 11 is 5.94. The minimum Gasteiger partial charge on any atom is -0.339 e. The van der Waals surface area contributed by atoms with Crippen molar-refractivity contribution in [3.8, 4) is 5.69 Å². The monoisotopic (exact) mass is 317 g/mol. The van der Waals surface area contributed by atoms with Crippen LogP contribution in [0.3, 0.4) is 0 Å². The molecular formula is C17H20ClN3O. The van der Waals surface area contributed by atoms with Gasteiger partial charge >= 0.3 is 0 Å². The van der Waals surface area contributed by atoms with Gasteiger partial charge < -0.3 is 4.90 Å². The molecule has 1 fully saturated rings. The first-order valence-electron chi connectivity index (χ1n) is 7.83. The third-order valence-corrected chi connectivity index (χ3v) is 4.40. The second-order valence-electron chi connectivity index (χ2n) is 5.60. The van der Waals surface area contributed by atoms with Crippen molar-refractivity contribution in [1.82, 2.24) is 14.7 Å². The first-order chi connectivity index (χ1) is 10.7. The standard InChI is InChI=1S/C17H20ClN3O/c1-2-16-15(17(22)20-10-4-3-5-11-20)12-19-21(16)14-8-6-13(18)7-9-14/h6-9,12H,2-5,10-11H2,1H3. The molecule has 1 saturated heterocycles. The van der Waals surface area contributed by atoms with E-state index in [1.165, 1.54) is 6.42 Å². The van der Waals surface area contributed by atoms with E-state index in [2.05, 4.69) is 12.0 Å². The Balaban J connectivity index is 1.93. The molecule has 2 heterocycles. The van der Waals surface area contributed by atoms with Gasteiger partial charge in [-0.05, 0) is 49.9 Å². The minimum atomic E-state index is 0.108. The molecule has 0 aliphatic carbocycles. The summed E-state index contributed by atoms with van der Waals surface area (Å²) in [5.41, 5.74) is 2.61. The van der Waals surface area contributed by atoms with E-state index in [0.717, 1.165) is 49.3 Å². The summed E-state index contributed by atoms with van der Waals surface area (Å²) in [6.45, 7) is 3.76. The summed E-state index contributed by atoms with van der Waals surface area (Å²) in [7, 11) is 0. The third kappa shape index (κ3) is 2.88. The molecule has 0 N–H and O–H groups in total. The van der Waals surface area contributed by atoms with Crippen LogP contribution in [0.25, 0.3) is 5.69 Å². The van der Waals surface area contributed by atoms with Crippen LogP contribution >= 0.6 is 11.6 Å². The number of likely N-dealkylation sites (tertiary alicyclic amines) is 1. The topological polar surface area (TPSA) is 38.1 Å². The molecule has 5 heteroatoms. The molecule has 0 saturated carbocycles. The molecule has 4 nitrogen and oxygen atoms in total. The molecule has 22 heavy (non-hydrogen) atoms. The number of rotatable bonds is 3. The molecule has 0 radical (unpaired) electrons. The van der Waals surface area contributed by atoms with Crippen molar-refractivity contribution in [2.75, 3.05) is 13.1 Å². The van der Waals surface area contributed by atoms with Crippen LogP contribution in [0.5, 0.6) is 0 Å². The lowest BCUT2D eigenvalue weighted by atomic mass is 10.1. The summed E-state index contributed by atoms with van der Waals surface area (Å²) < 4.78 is 1.84. The van der Waals surface area contributed by atoms with Crippen molar-refractivity contribution in [3.63, 3.8) is 0 Å². The van der Waals surface area contributed by atoms with Gasteiger partial charge in [0.05, 0.1) is 23.1 Å². The number of amides is 1. The maximum atomic E-state index is 12.7. The second kappa shape index (κ2) is 6.53. The van der Waals surface area contributed by atoms with E-state index in [1.54, 1.807) is 6.20 Å². The SMILES string of the molecule is CCc1c(C(=O)N2CCCCC2)cnn1-c1ccc(Cl)cc1. The van der Waals surface area contributed by atoms with Crippen LogP contribution in [0.2, 0.25) is 5.02 Å². The molecule has 0 unspecified atom stereocenters. The van der Waals surface area contributed by atoms with Crippen LogP contribution in [0.15, 0.2) is 30.5 Å². The predicted molar refractivity (Wildman–Crippen MR) is 87.7 cm³/mol. The highest BCUT2D eigenvalue weighted by atomic mass is 35.5. The zero-order chi connectivity index (χ0) is 15.5. The lowest BCUT2D eigenvalue weighted by Gasteiger charge is -2.26. The Hall–Kier alpha value is -1.81. The minimum absolute atomic E-state index is 0.108. The molecule has 0 bridgehead atoms. The molecule has 1 amide bonds. The van der Waals surface area contributed by atoms with Gasteiger partial charge in [0.25, 0.3) is 5.91 Å². The zero-order valence-corrected chi connectivity index (χ0v) is 13.5. The summed E-state index contributed by atoms with van der Waals surface area (Å²) in [6.07, 6.45) is 5.87. The van der Waals surface area contributed by atoms with Crippen molar-refractivity contribution >= 4 is 17.5 Å². The Kier molecular flexibility index (Phi) is 4.48. The van der Waals surface area contributed by atoms with Crippen molar-refractivity contribution in [3.05, 3.63) is 46.7 Å². The fraction of sp³-hybridized carbons (Fsp3) is 0.412. The number of benzene rings is 1. The largest absolute Gasteiger partial charge is 0.339 e. The number of halogens is 1. The highest BCUT2D eigenvalue weighted by molar-refractivity contribution is 6.30. The second-order valence-corrected chi connectivity index (χ2v) is 6.04. The molecule has 0 atom stereocenters. The van der Waals surface area contributed by atoms with Crippen molar-refractivity contribution in [2.24, 2.45) is 0 Å². The van der Waals surface area contributed by atoms with Gasteiger partial charge in [0.1, 0.15) is 0 Å². The van der Waals surface area contributed by atoms with E-state index >= 15 is 0 Å². The van der Waals surface area contributed by atoms with Gasteiger partial charge in [-0.25, -0.2) is 4.68 Å². The molecular weight excluding hydrogens is 298 g/mol. The number of hydrogen-bond acceptors (Lipinski definition) is 2.